The second-order valence-electron chi connectivity index (χ2n) is 11.2. The molecule has 0 rings (SSSR count). The van der Waals surface area contributed by atoms with E-state index >= 15 is 0 Å². The lowest BCUT2D eigenvalue weighted by Gasteiger charge is -2.24. The molecule has 232 valence electrons. The number of ether oxygens (including phenoxy) is 1. The molecule has 0 fully saturated rings. The van der Waals surface area contributed by atoms with Crippen molar-refractivity contribution in [2.24, 2.45) is 0 Å². The van der Waals surface area contributed by atoms with Crippen molar-refractivity contribution in [3.8, 4) is 0 Å². The first-order chi connectivity index (χ1) is 19.1. The lowest BCUT2D eigenvalue weighted by atomic mass is 10.1. The predicted molar refractivity (Wildman–Crippen MR) is 166 cm³/mol. The summed E-state index contributed by atoms with van der Waals surface area (Å²) in [6.07, 6.45) is 27.5. The number of nitrogens with zero attached hydrogens (tertiary/aromatic N) is 1. The molecule has 0 radical (unpaired) electrons. The van der Waals surface area contributed by atoms with Crippen molar-refractivity contribution in [1.29, 1.82) is 0 Å². The maximum Gasteiger partial charge on any atom is 0.219 e. The third-order valence-electron chi connectivity index (χ3n) is 7.22. The SMILES string of the molecule is CCCC/C=C\CCCCCCCC(=O)NCCCN(CCCOCCCCCCCCCC)CC(O)CO. The topological polar surface area (TPSA) is 82.0 Å². The van der Waals surface area contributed by atoms with Gasteiger partial charge in [-0.05, 0) is 51.5 Å². The zero-order valence-electron chi connectivity index (χ0n) is 26.0. The van der Waals surface area contributed by atoms with Crippen LogP contribution in [-0.4, -0.2) is 73.1 Å². The third kappa shape index (κ3) is 29.8. The fourth-order valence-corrected chi connectivity index (χ4v) is 4.74. The van der Waals surface area contributed by atoms with E-state index in [-0.39, 0.29) is 12.5 Å². The molecule has 1 atom stereocenters. The van der Waals surface area contributed by atoms with Crippen LogP contribution in [0.1, 0.15) is 142 Å². The summed E-state index contributed by atoms with van der Waals surface area (Å²) < 4.78 is 5.81. The van der Waals surface area contributed by atoms with Crippen LogP contribution in [0.2, 0.25) is 0 Å². The van der Waals surface area contributed by atoms with Gasteiger partial charge in [-0.2, -0.15) is 0 Å². The van der Waals surface area contributed by atoms with Gasteiger partial charge in [0, 0.05) is 39.3 Å². The summed E-state index contributed by atoms with van der Waals surface area (Å²) in [7, 11) is 0. The molecule has 0 saturated heterocycles. The quantitative estimate of drug-likeness (QED) is 0.0625. The van der Waals surface area contributed by atoms with Crippen LogP contribution in [0.4, 0.5) is 0 Å². The number of rotatable bonds is 31. The van der Waals surface area contributed by atoms with Crippen LogP contribution < -0.4 is 5.32 Å². The number of carbonyl (C=O) groups excluding carboxylic acids is 1. The van der Waals surface area contributed by atoms with Crippen molar-refractivity contribution in [3.63, 3.8) is 0 Å². The van der Waals surface area contributed by atoms with Gasteiger partial charge in [-0.25, -0.2) is 0 Å². The summed E-state index contributed by atoms with van der Waals surface area (Å²) in [5.74, 6) is 0.144. The monoisotopic (exact) mass is 555 g/mol. The van der Waals surface area contributed by atoms with Gasteiger partial charge in [-0.15, -0.1) is 0 Å². The van der Waals surface area contributed by atoms with Crippen molar-refractivity contribution in [2.45, 2.75) is 148 Å². The molecule has 39 heavy (non-hydrogen) atoms. The van der Waals surface area contributed by atoms with E-state index in [1.165, 1.54) is 89.9 Å². The second kappa shape index (κ2) is 31.6. The Morgan fingerprint density at radius 2 is 1.31 bits per heavy atom. The molecule has 0 heterocycles. The number of nitrogens with one attached hydrogen (secondary N) is 1. The van der Waals surface area contributed by atoms with Crippen LogP contribution in [0.15, 0.2) is 12.2 Å². The minimum atomic E-state index is -0.727. The van der Waals surface area contributed by atoms with Crippen molar-refractivity contribution in [3.05, 3.63) is 12.2 Å². The van der Waals surface area contributed by atoms with Gasteiger partial charge in [0.2, 0.25) is 5.91 Å². The Bertz CT molecular complexity index is 530. The van der Waals surface area contributed by atoms with Crippen molar-refractivity contribution in [2.75, 3.05) is 46.0 Å². The normalized spacial score (nSPS) is 12.5. The fraction of sp³-hybridized carbons (Fsp3) is 0.909. The van der Waals surface area contributed by atoms with E-state index < -0.39 is 6.10 Å². The number of aliphatic hydroxyl groups is 2. The molecule has 0 spiro atoms. The summed E-state index contributed by atoms with van der Waals surface area (Å²) in [6, 6.07) is 0. The molecule has 0 saturated carbocycles. The highest BCUT2D eigenvalue weighted by molar-refractivity contribution is 5.75. The van der Waals surface area contributed by atoms with E-state index in [4.69, 9.17) is 4.74 Å². The van der Waals surface area contributed by atoms with Crippen LogP contribution in [0, 0.1) is 0 Å². The largest absolute Gasteiger partial charge is 0.394 e. The summed E-state index contributed by atoms with van der Waals surface area (Å²) in [5.41, 5.74) is 0. The molecule has 0 aromatic heterocycles. The highest BCUT2D eigenvalue weighted by atomic mass is 16.5. The molecule has 3 N–H and O–H groups in total. The van der Waals surface area contributed by atoms with E-state index in [1.54, 1.807) is 0 Å². The summed E-state index contributed by atoms with van der Waals surface area (Å²) in [6.45, 7) is 8.56. The lowest BCUT2D eigenvalue weighted by Crippen LogP contribution is -2.37. The molecule has 1 amide bonds. The van der Waals surface area contributed by atoms with Crippen LogP contribution in [0.25, 0.3) is 0 Å². The Balaban J connectivity index is 3.75. The molecule has 0 bridgehead atoms. The molecular formula is C33H66N2O4. The Hall–Kier alpha value is -0.950. The molecule has 0 aliphatic heterocycles. The smallest absolute Gasteiger partial charge is 0.219 e. The Labute approximate surface area is 242 Å². The number of amides is 1. The highest BCUT2D eigenvalue weighted by Crippen LogP contribution is 2.09. The standard InChI is InChI=1S/C33H66N2O4/c1-3-5-7-9-11-13-14-15-16-18-20-24-33(38)34-25-22-26-35(30-32(37)31-36)27-23-29-39-28-21-19-17-12-10-8-6-4-2/h9,11,32,36-37H,3-8,10,12-31H2,1-2H3,(H,34,38)/b11-9-. The van der Waals surface area contributed by atoms with E-state index in [2.05, 4.69) is 36.2 Å². The molecule has 0 aliphatic rings. The maximum absolute atomic E-state index is 12.1. The van der Waals surface area contributed by atoms with Gasteiger partial charge in [0.15, 0.2) is 0 Å². The number of unbranched alkanes of at least 4 members (excludes halogenated alkanes) is 14. The first-order valence-electron chi connectivity index (χ1n) is 16.6. The average Bonchev–Trinajstić information content (AvgIpc) is 2.94. The summed E-state index contributed by atoms with van der Waals surface area (Å²) in [4.78, 5) is 14.3. The van der Waals surface area contributed by atoms with Gasteiger partial charge >= 0.3 is 0 Å². The third-order valence-corrected chi connectivity index (χ3v) is 7.22. The number of aliphatic hydroxyl groups excluding tert-OH is 2. The molecule has 0 aromatic carbocycles. The van der Waals surface area contributed by atoms with E-state index in [0.29, 0.717) is 19.5 Å². The summed E-state index contributed by atoms with van der Waals surface area (Å²) in [5, 5.41) is 22.2. The molecule has 0 aromatic rings. The van der Waals surface area contributed by atoms with Crippen LogP contribution in [-0.2, 0) is 9.53 Å². The van der Waals surface area contributed by atoms with Gasteiger partial charge in [0.05, 0.1) is 12.7 Å². The minimum Gasteiger partial charge on any atom is -0.394 e. The zero-order valence-corrected chi connectivity index (χ0v) is 26.0. The molecule has 1 unspecified atom stereocenters. The van der Waals surface area contributed by atoms with E-state index in [9.17, 15) is 15.0 Å². The summed E-state index contributed by atoms with van der Waals surface area (Å²) >= 11 is 0. The van der Waals surface area contributed by atoms with E-state index in [1.807, 2.05) is 0 Å². The van der Waals surface area contributed by atoms with Crippen molar-refractivity contribution >= 4 is 5.91 Å². The van der Waals surface area contributed by atoms with E-state index in [0.717, 1.165) is 58.4 Å². The highest BCUT2D eigenvalue weighted by Gasteiger charge is 2.11. The number of allylic oxidation sites excluding steroid dienone is 2. The first-order valence-corrected chi connectivity index (χ1v) is 16.6. The number of hydrogen-bond acceptors (Lipinski definition) is 5. The van der Waals surface area contributed by atoms with Gasteiger partial charge in [0.25, 0.3) is 0 Å². The second-order valence-corrected chi connectivity index (χ2v) is 11.2. The number of carbonyl (C=O) groups is 1. The lowest BCUT2D eigenvalue weighted by molar-refractivity contribution is -0.121. The molecule has 6 nitrogen and oxygen atoms in total. The predicted octanol–water partition coefficient (Wildman–Crippen LogP) is 7.17. The van der Waals surface area contributed by atoms with Gasteiger partial charge in [-0.3, -0.25) is 4.79 Å². The van der Waals surface area contributed by atoms with Crippen LogP contribution >= 0.6 is 0 Å². The maximum atomic E-state index is 12.1. The Morgan fingerprint density at radius 3 is 2.00 bits per heavy atom. The molecule has 0 aliphatic carbocycles. The van der Waals surface area contributed by atoms with Gasteiger partial charge in [-0.1, -0.05) is 103 Å². The average molecular weight is 555 g/mol. The number of hydrogen-bond donors (Lipinski definition) is 3. The van der Waals surface area contributed by atoms with Crippen LogP contribution in [0.3, 0.4) is 0 Å². The van der Waals surface area contributed by atoms with Crippen molar-refractivity contribution < 1.29 is 19.7 Å². The molecular weight excluding hydrogens is 488 g/mol. The van der Waals surface area contributed by atoms with Crippen LogP contribution in [0.5, 0.6) is 0 Å². The fourth-order valence-electron chi connectivity index (χ4n) is 4.74. The van der Waals surface area contributed by atoms with Gasteiger partial charge < -0.3 is 25.2 Å². The molecule has 6 heteroatoms. The Kier molecular flexibility index (Phi) is 30.8. The van der Waals surface area contributed by atoms with Crippen molar-refractivity contribution in [1.82, 2.24) is 10.2 Å². The minimum absolute atomic E-state index is 0.144. The zero-order chi connectivity index (χ0) is 28.7. The van der Waals surface area contributed by atoms with Gasteiger partial charge in [0.1, 0.15) is 0 Å². The first kappa shape index (κ1) is 38.0. The Morgan fingerprint density at radius 1 is 0.744 bits per heavy atom.